The zero-order valence-corrected chi connectivity index (χ0v) is 5.56. The maximum atomic E-state index is 8.88. The summed E-state index contributed by atoms with van der Waals surface area (Å²) in [5, 5.41) is 0. The van der Waals surface area contributed by atoms with Crippen LogP contribution in [0.3, 0.4) is 0 Å². The van der Waals surface area contributed by atoms with Crippen LogP contribution in [0, 0.1) is 0 Å². The molecule has 0 spiro atoms. The first-order valence-electron chi connectivity index (χ1n) is 0.987. The van der Waals surface area contributed by atoms with Crippen molar-refractivity contribution in [3.05, 3.63) is 0 Å². The standard InChI is InChI=1S/H3O4P.O.Ti/c1-5(2,3)4;;/h(H3,1,2,3,4);;. The van der Waals surface area contributed by atoms with E-state index in [1.54, 1.807) is 0 Å². The van der Waals surface area contributed by atoms with Crippen LogP contribution >= 0.6 is 7.82 Å². The molecule has 0 fully saturated rings. The van der Waals surface area contributed by atoms with Crippen molar-refractivity contribution in [3.8, 4) is 0 Å². The molecule has 0 aromatic rings. The summed E-state index contributed by atoms with van der Waals surface area (Å²) < 4.78 is 17.1. The van der Waals surface area contributed by atoms with Gasteiger partial charge in [0, 0.05) is 0 Å². The molecular weight excluding hydrogens is 159 g/mol. The van der Waals surface area contributed by atoms with Gasteiger partial charge in [-0.25, -0.2) is 4.57 Å². The Morgan fingerprint density at radius 2 is 1.14 bits per heavy atom. The van der Waals surface area contributed by atoms with Crippen molar-refractivity contribution in [1.82, 2.24) is 0 Å². The first-order valence-corrected chi connectivity index (χ1v) is 3.19. The normalized spacial score (nSPS) is 8.86. The second-order valence-corrected chi connectivity index (χ2v) is 1.54. The molecule has 7 heteroatoms. The average Bonchev–Trinajstić information content (AvgIpc) is 1.36. The fraction of sp³-hybridized carbons (Fsp3) is 0. The Morgan fingerprint density at radius 3 is 1.14 bits per heavy atom. The zero-order chi connectivity index (χ0) is 6.50. The minimum absolute atomic E-state index is 0.750. The van der Waals surface area contributed by atoms with Crippen molar-refractivity contribution in [1.29, 1.82) is 0 Å². The Hall–Kier alpha value is 0.624. The number of hydrogen-bond acceptors (Lipinski definition) is 2. The molecule has 0 heterocycles. The second kappa shape index (κ2) is 4.78. The van der Waals surface area contributed by atoms with E-state index >= 15 is 0 Å². The van der Waals surface area contributed by atoms with Gasteiger partial charge in [0.05, 0.1) is 0 Å². The van der Waals surface area contributed by atoms with Gasteiger partial charge in [-0.15, -0.1) is 0 Å². The van der Waals surface area contributed by atoms with Crippen molar-refractivity contribution in [2.45, 2.75) is 0 Å². The molecule has 0 amide bonds. The Bertz CT molecular complexity index is 63.9. The van der Waals surface area contributed by atoms with E-state index in [0.29, 0.717) is 0 Å². The van der Waals surface area contributed by atoms with Gasteiger partial charge in [-0.05, 0) is 0 Å². The first-order chi connectivity index (χ1) is 3.00. The summed E-state index contributed by atoms with van der Waals surface area (Å²) >= 11 is 0.750. The summed E-state index contributed by atoms with van der Waals surface area (Å²) in [7, 11) is -4.64. The predicted octanol–water partition coefficient (Wildman–Crippen LogP) is -1.05. The molecule has 7 heavy (non-hydrogen) atoms. The van der Waals surface area contributed by atoms with Gasteiger partial charge in [0.15, 0.2) is 0 Å². The molecule has 0 saturated carbocycles. The number of phosphoric acid groups is 1. The molecule has 0 aliphatic carbocycles. The van der Waals surface area contributed by atoms with Crippen molar-refractivity contribution in [2.75, 3.05) is 0 Å². The topological polar surface area (TPSA) is 94.8 Å². The molecular formula is H3O5PTi. The Balaban J connectivity index is 0. The molecule has 0 aromatic heterocycles. The fourth-order valence-electron chi connectivity index (χ4n) is 0. The molecule has 0 atom stereocenters. The van der Waals surface area contributed by atoms with Gasteiger partial charge in [0.1, 0.15) is 0 Å². The monoisotopic (exact) mass is 162 g/mol. The van der Waals surface area contributed by atoms with Crippen LogP contribution in [0.2, 0.25) is 0 Å². The molecule has 0 radical (unpaired) electrons. The van der Waals surface area contributed by atoms with E-state index in [0.717, 1.165) is 20.4 Å². The van der Waals surface area contributed by atoms with E-state index in [4.69, 9.17) is 22.6 Å². The van der Waals surface area contributed by atoms with Gasteiger partial charge < -0.3 is 14.7 Å². The third-order valence-electron chi connectivity index (χ3n) is 0. The Kier molecular flexibility index (Phi) is 7.22. The minimum atomic E-state index is -4.64. The van der Waals surface area contributed by atoms with Crippen molar-refractivity contribution in [3.63, 3.8) is 0 Å². The van der Waals surface area contributed by atoms with Gasteiger partial charge in [-0.3, -0.25) is 0 Å². The summed E-state index contributed by atoms with van der Waals surface area (Å²) in [6, 6.07) is 0. The molecule has 3 N–H and O–H groups in total. The molecule has 0 rings (SSSR count). The molecule has 0 aliphatic heterocycles. The van der Waals surface area contributed by atoms with Crippen molar-refractivity contribution >= 4 is 7.82 Å². The van der Waals surface area contributed by atoms with E-state index in [1.165, 1.54) is 0 Å². The number of rotatable bonds is 0. The molecule has 0 aromatic carbocycles. The Morgan fingerprint density at radius 1 is 1.14 bits per heavy atom. The van der Waals surface area contributed by atoms with Crippen LogP contribution in [-0.2, 0) is 28.3 Å². The van der Waals surface area contributed by atoms with Gasteiger partial charge >= 0.3 is 31.6 Å². The van der Waals surface area contributed by atoms with Crippen LogP contribution in [0.5, 0.6) is 0 Å². The van der Waals surface area contributed by atoms with Gasteiger partial charge in [-0.2, -0.15) is 0 Å². The van der Waals surface area contributed by atoms with Crippen LogP contribution in [0.4, 0.5) is 0 Å². The third-order valence-corrected chi connectivity index (χ3v) is 0. The quantitative estimate of drug-likeness (QED) is 0.312. The van der Waals surface area contributed by atoms with Crippen LogP contribution in [0.1, 0.15) is 0 Å². The fourth-order valence-corrected chi connectivity index (χ4v) is 0. The maximum absolute atomic E-state index is 8.88. The van der Waals surface area contributed by atoms with Crippen LogP contribution < -0.4 is 0 Å². The predicted molar refractivity (Wildman–Crippen MR) is 14.9 cm³/mol. The average molecular weight is 162 g/mol. The summed E-state index contributed by atoms with van der Waals surface area (Å²) in [4.78, 5) is 21.6. The molecule has 0 unspecified atom stereocenters. The van der Waals surface area contributed by atoms with E-state index in [1.807, 2.05) is 0 Å². The van der Waals surface area contributed by atoms with Crippen molar-refractivity contribution < 1.29 is 43.0 Å². The SMILES string of the molecule is O=P(O)(O)O.[O]=[Ti]. The van der Waals surface area contributed by atoms with Gasteiger partial charge in [0.2, 0.25) is 0 Å². The third kappa shape index (κ3) is 363. The number of hydrogen-bond donors (Lipinski definition) is 3. The Labute approximate surface area is 51.3 Å². The molecule has 0 saturated heterocycles. The van der Waals surface area contributed by atoms with Crippen LogP contribution in [0.15, 0.2) is 0 Å². The summed E-state index contributed by atoms with van der Waals surface area (Å²) in [6.07, 6.45) is 0. The van der Waals surface area contributed by atoms with E-state index in [9.17, 15) is 0 Å². The first kappa shape index (κ1) is 10.6. The van der Waals surface area contributed by atoms with E-state index in [-0.39, 0.29) is 0 Å². The van der Waals surface area contributed by atoms with Crippen molar-refractivity contribution in [2.24, 2.45) is 0 Å². The zero-order valence-electron chi connectivity index (χ0n) is 3.11. The molecule has 42 valence electrons. The molecule has 0 bridgehead atoms. The second-order valence-electron chi connectivity index (χ2n) is 0.513. The van der Waals surface area contributed by atoms with E-state index in [2.05, 4.69) is 0 Å². The van der Waals surface area contributed by atoms with Gasteiger partial charge in [-0.1, -0.05) is 0 Å². The molecule has 5 nitrogen and oxygen atoms in total. The van der Waals surface area contributed by atoms with Gasteiger partial charge in [0.25, 0.3) is 0 Å². The summed E-state index contributed by atoms with van der Waals surface area (Å²) in [5.41, 5.74) is 0. The molecule has 0 aliphatic rings. The summed E-state index contributed by atoms with van der Waals surface area (Å²) in [6.45, 7) is 0. The summed E-state index contributed by atoms with van der Waals surface area (Å²) in [5.74, 6) is 0. The van der Waals surface area contributed by atoms with Crippen LogP contribution in [0.25, 0.3) is 0 Å². The van der Waals surface area contributed by atoms with Crippen LogP contribution in [-0.4, -0.2) is 14.7 Å². The van der Waals surface area contributed by atoms with E-state index < -0.39 is 7.82 Å².